The highest BCUT2D eigenvalue weighted by atomic mass is 35.5. The monoisotopic (exact) mass is 244 g/mol. The average molecular weight is 245 g/mol. The fourth-order valence-electron chi connectivity index (χ4n) is 1.79. The van der Waals surface area contributed by atoms with E-state index in [1.807, 2.05) is 35.7 Å². The Kier molecular flexibility index (Phi) is 2.39. The van der Waals surface area contributed by atoms with Gasteiger partial charge in [-0.1, -0.05) is 41.9 Å². The van der Waals surface area contributed by atoms with Crippen LogP contribution in [-0.4, -0.2) is 4.98 Å². The number of benzene rings is 2. The maximum absolute atomic E-state index is 6.16. The first-order valence-corrected chi connectivity index (χ1v) is 6.11. The number of hydrogen-bond donors (Lipinski definition) is 0. The summed E-state index contributed by atoms with van der Waals surface area (Å²) in [7, 11) is 0. The van der Waals surface area contributed by atoms with Crippen molar-refractivity contribution in [3.8, 4) is 11.3 Å². The lowest BCUT2D eigenvalue weighted by Crippen LogP contribution is -1.81. The van der Waals surface area contributed by atoms with Gasteiger partial charge in [0.15, 0.2) is 5.51 Å². The Hall–Kier alpha value is -1.38. The van der Waals surface area contributed by atoms with Gasteiger partial charge in [0, 0.05) is 21.4 Å². The van der Waals surface area contributed by atoms with Crippen molar-refractivity contribution in [2.24, 2.45) is 0 Å². The standard InChI is InChI=1S/C13H7ClNS/c14-12-6-5-11(13-7-16-8-15-13)9-3-1-2-4-10(9)12/h1-7H. The Morgan fingerprint density at radius 1 is 1.06 bits per heavy atom. The van der Waals surface area contributed by atoms with Gasteiger partial charge in [0.25, 0.3) is 0 Å². The Bertz CT molecular complexity index is 631. The molecule has 0 N–H and O–H groups in total. The summed E-state index contributed by atoms with van der Waals surface area (Å²) in [6, 6.07) is 12.0. The van der Waals surface area contributed by atoms with E-state index in [0.717, 1.165) is 27.1 Å². The van der Waals surface area contributed by atoms with Crippen LogP contribution in [0.2, 0.25) is 5.02 Å². The zero-order chi connectivity index (χ0) is 11.0. The molecule has 77 valence electrons. The first-order chi connectivity index (χ1) is 7.86. The minimum Gasteiger partial charge on any atom is -0.233 e. The first kappa shape index (κ1) is 9.82. The van der Waals surface area contributed by atoms with Crippen molar-refractivity contribution in [2.75, 3.05) is 0 Å². The van der Waals surface area contributed by atoms with Gasteiger partial charge < -0.3 is 0 Å². The van der Waals surface area contributed by atoms with E-state index in [1.165, 1.54) is 11.3 Å². The van der Waals surface area contributed by atoms with Crippen LogP contribution >= 0.6 is 22.9 Å². The summed E-state index contributed by atoms with van der Waals surface area (Å²) in [5, 5.41) is 4.97. The molecule has 1 radical (unpaired) electrons. The van der Waals surface area contributed by atoms with Crippen LogP contribution < -0.4 is 0 Å². The van der Waals surface area contributed by atoms with Crippen LogP contribution in [0.3, 0.4) is 0 Å². The molecule has 0 atom stereocenters. The SMILES string of the molecule is Clc1ccc(-c2cs[c]n2)c2ccccc12. The third-order valence-electron chi connectivity index (χ3n) is 2.54. The van der Waals surface area contributed by atoms with Crippen LogP contribution in [0, 0.1) is 5.51 Å². The third-order valence-corrected chi connectivity index (χ3v) is 3.40. The molecule has 0 aliphatic carbocycles. The predicted octanol–water partition coefficient (Wildman–Crippen LogP) is 4.42. The Morgan fingerprint density at radius 3 is 2.62 bits per heavy atom. The summed E-state index contributed by atoms with van der Waals surface area (Å²) in [5.74, 6) is 0. The van der Waals surface area contributed by atoms with Crippen molar-refractivity contribution in [3.05, 3.63) is 52.3 Å². The summed E-state index contributed by atoms with van der Waals surface area (Å²) in [5.41, 5.74) is 4.93. The molecule has 0 aliphatic rings. The van der Waals surface area contributed by atoms with Gasteiger partial charge in [-0.15, -0.1) is 11.3 Å². The van der Waals surface area contributed by atoms with Crippen LogP contribution in [0.25, 0.3) is 22.0 Å². The summed E-state index contributed by atoms with van der Waals surface area (Å²) >= 11 is 7.64. The summed E-state index contributed by atoms with van der Waals surface area (Å²) in [6.45, 7) is 0. The number of nitrogens with zero attached hydrogens (tertiary/aromatic N) is 1. The molecular weight excluding hydrogens is 238 g/mol. The molecule has 16 heavy (non-hydrogen) atoms. The molecule has 3 rings (SSSR count). The molecule has 0 aliphatic heterocycles. The third kappa shape index (κ3) is 1.51. The molecule has 0 unspecified atom stereocenters. The second-order valence-electron chi connectivity index (χ2n) is 3.46. The molecule has 1 heterocycles. The van der Waals surface area contributed by atoms with Gasteiger partial charge in [-0.05, 0) is 11.5 Å². The number of rotatable bonds is 1. The summed E-state index contributed by atoms with van der Waals surface area (Å²) < 4.78 is 0. The second-order valence-corrected chi connectivity index (χ2v) is 4.53. The van der Waals surface area contributed by atoms with Crippen molar-refractivity contribution in [1.29, 1.82) is 0 Å². The topological polar surface area (TPSA) is 12.9 Å². The van der Waals surface area contributed by atoms with Crippen molar-refractivity contribution < 1.29 is 0 Å². The predicted molar refractivity (Wildman–Crippen MR) is 68.9 cm³/mol. The molecule has 0 spiro atoms. The normalized spacial score (nSPS) is 10.8. The van der Waals surface area contributed by atoms with Gasteiger partial charge in [0.1, 0.15) is 0 Å². The van der Waals surface area contributed by atoms with Gasteiger partial charge in [-0.2, -0.15) is 0 Å². The van der Waals surface area contributed by atoms with Gasteiger partial charge in [-0.3, -0.25) is 0 Å². The minimum absolute atomic E-state index is 0.776. The summed E-state index contributed by atoms with van der Waals surface area (Å²) in [6.07, 6.45) is 0. The average Bonchev–Trinajstić information content (AvgIpc) is 2.83. The molecule has 0 bridgehead atoms. The molecular formula is C13H7ClNS. The molecule has 0 saturated carbocycles. The zero-order valence-corrected chi connectivity index (χ0v) is 9.85. The van der Waals surface area contributed by atoms with E-state index in [1.54, 1.807) is 0 Å². The van der Waals surface area contributed by atoms with Gasteiger partial charge in [-0.25, -0.2) is 4.98 Å². The smallest absolute Gasteiger partial charge is 0.152 e. The minimum atomic E-state index is 0.776. The fourth-order valence-corrected chi connectivity index (χ4v) is 2.52. The Labute approximate surface area is 102 Å². The lowest BCUT2D eigenvalue weighted by molar-refractivity contribution is 1.41. The lowest BCUT2D eigenvalue weighted by Gasteiger charge is -2.05. The molecule has 0 fully saturated rings. The van der Waals surface area contributed by atoms with Crippen LogP contribution in [0.1, 0.15) is 0 Å². The largest absolute Gasteiger partial charge is 0.233 e. The van der Waals surface area contributed by atoms with E-state index in [4.69, 9.17) is 11.6 Å². The highest BCUT2D eigenvalue weighted by Gasteiger charge is 2.07. The number of fused-ring (bicyclic) bond motifs is 1. The molecule has 1 nitrogen and oxygen atoms in total. The molecule has 1 aromatic heterocycles. The number of thiazole rings is 1. The van der Waals surface area contributed by atoms with E-state index in [9.17, 15) is 0 Å². The Balaban J connectivity index is 2.39. The quantitative estimate of drug-likeness (QED) is 0.618. The maximum atomic E-state index is 6.16. The van der Waals surface area contributed by atoms with Crippen molar-refractivity contribution in [3.63, 3.8) is 0 Å². The molecule has 3 aromatic rings. The van der Waals surface area contributed by atoms with Gasteiger partial charge in [0.05, 0.1) is 5.69 Å². The maximum Gasteiger partial charge on any atom is 0.152 e. The fraction of sp³-hybridized carbons (Fsp3) is 0. The second kappa shape index (κ2) is 3.89. The number of halogens is 1. The van der Waals surface area contributed by atoms with Crippen molar-refractivity contribution >= 4 is 33.7 Å². The van der Waals surface area contributed by atoms with E-state index in [0.29, 0.717) is 0 Å². The van der Waals surface area contributed by atoms with Crippen LogP contribution in [0.5, 0.6) is 0 Å². The zero-order valence-electron chi connectivity index (χ0n) is 8.27. The summed E-state index contributed by atoms with van der Waals surface area (Å²) in [4.78, 5) is 4.22. The van der Waals surface area contributed by atoms with Crippen molar-refractivity contribution in [2.45, 2.75) is 0 Å². The highest BCUT2D eigenvalue weighted by molar-refractivity contribution is 7.07. The number of hydrogen-bond acceptors (Lipinski definition) is 2. The first-order valence-electron chi connectivity index (χ1n) is 4.85. The molecule has 0 amide bonds. The number of aromatic nitrogens is 1. The van der Waals surface area contributed by atoms with E-state index in [2.05, 4.69) is 16.6 Å². The molecule has 2 aromatic carbocycles. The van der Waals surface area contributed by atoms with E-state index < -0.39 is 0 Å². The molecule has 0 saturated heterocycles. The van der Waals surface area contributed by atoms with Crippen LogP contribution in [0.15, 0.2) is 41.8 Å². The van der Waals surface area contributed by atoms with E-state index >= 15 is 0 Å². The highest BCUT2D eigenvalue weighted by Crippen LogP contribution is 2.32. The van der Waals surface area contributed by atoms with Gasteiger partial charge >= 0.3 is 0 Å². The van der Waals surface area contributed by atoms with E-state index in [-0.39, 0.29) is 0 Å². The van der Waals surface area contributed by atoms with Crippen LogP contribution in [-0.2, 0) is 0 Å². The Morgan fingerprint density at radius 2 is 1.88 bits per heavy atom. The lowest BCUT2D eigenvalue weighted by atomic mass is 10.0. The van der Waals surface area contributed by atoms with Crippen LogP contribution in [0.4, 0.5) is 0 Å². The van der Waals surface area contributed by atoms with Gasteiger partial charge in [0.2, 0.25) is 0 Å². The van der Waals surface area contributed by atoms with Crippen molar-refractivity contribution in [1.82, 2.24) is 4.98 Å². The molecule has 3 heteroatoms.